The maximum atomic E-state index is 11.8. The molecule has 0 spiro atoms. The molecule has 0 aliphatic carbocycles. The molecule has 0 amide bonds. The predicted octanol–water partition coefficient (Wildman–Crippen LogP) is 3.51. The minimum Gasteiger partial charge on any atom is -0.354 e. The van der Waals surface area contributed by atoms with Gasteiger partial charge in [0.2, 0.25) is 0 Å². The van der Waals surface area contributed by atoms with E-state index in [1.807, 2.05) is 0 Å². The molecule has 0 aliphatic heterocycles. The van der Waals surface area contributed by atoms with Crippen LogP contribution < -0.4 is 5.43 Å². The predicted molar refractivity (Wildman–Crippen MR) is 68.9 cm³/mol. The molecule has 8 heteroatoms. The van der Waals surface area contributed by atoms with Crippen LogP contribution >= 0.6 is 39.1 Å². The molecule has 0 saturated heterocycles. The lowest BCUT2D eigenvalue weighted by atomic mass is 10.2. The van der Waals surface area contributed by atoms with E-state index in [2.05, 4.69) is 20.9 Å². The number of benzene rings is 1. The lowest BCUT2D eigenvalue weighted by molar-refractivity contribution is -0.386. The van der Waals surface area contributed by atoms with Gasteiger partial charge in [-0.2, -0.15) is 0 Å². The third kappa shape index (κ3) is 1.92. The monoisotopic (exact) mass is 336 g/mol. The molecule has 0 atom stereocenters. The zero-order valence-corrected chi connectivity index (χ0v) is 11.1. The Morgan fingerprint density at radius 2 is 2.06 bits per heavy atom. The third-order valence-electron chi connectivity index (χ3n) is 2.19. The maximum absolute atomic E-state index is 11.8. The van der Waals surface area contributed by atoms with Gasteiger partial charge >= 0.3 is 5.69 Å². The number of halogens is 3. The molecule has 2 rings (SSSR count). The molecule has 5 nitrogen and oxygen atoms in total. The second-order valence-electron chi connectivity index (χ2n) is 3.17. The summed E-state index contributed by atoms with van der Waals surface area (Å²) >= 11 is 15.0. The van der Waals surface area contributed by atoms with Gasteiger partial charge in [0, 0.05) is 0 Å². The van der Waals surface area contributed by atoms with Crippen molar-refractivity contribution in [2.24, 2.45) is 0 Å². The van der Waals surface area contributed by atoms with E-state index < -0.39 is 16.0 Å². The molecule has 1 aromatic heterocycles. The Morgan fingerprint density at radius 3 is 2.65 bits per heavy atom. The normalized spacial score (nSPS) is 10.8. The summed E-state index contributed by atoms with van der Waals surface area (Å²) in [7, 11) is 0. The van der Waals surface area contributed by atoms with E-state index in [0.717, 1.165) is 6.20 Å². The maximum Gasteiger partial charge on any atom is 0.332 e. The van der Waals surface area contributed by atoms with Crippen LogP contribution in [0.4, 0.5) is 5.69 Å². The summed E-state index contributed by atoms with van der Waals surface area (Å²) in [5.74, 6) is 0. The fourth-order valence-corrected chi connectivity index (χ4v) is 2.22. The van der Waals surface area contributed by atoms with Crippen molar-refractivity contribution in [3.63, 3.8) is 0 Å². The van der Waals surface area contributed by atoms with Crippen molar-refractivity contribution in [1.29, 1.82) is 0 Å². The summed E-state index contributed by atoms with van der Waals surface area (Å²) < 4.78 is 0.429. The zero-order chi connectivity index (χ0) is 12.7. The molecule has 0 fully saturated rings. The van der Waals surface area contributed by atoms with E-state index >= 15 is 0 Å². The molecule has 0 radical (unpaired) electrons. The van der Waals surface area contributed by atoms with Crippen LogP contribution in [-0.4, -0.2) is 9.91 Å². The minimum atomic E-state index is -0.762. The number of nitrogens with zero attached hydrogens (tertiary/aromatic N) is 1. The van der Waals surface area contributed by atoms with Gasteiger partial charge in [0.1, 0.15) is 0 Å². The highest BCUT2D eigenvalue weighted by atomic mass is 79.9. The van der Waals surface area contributed by atoms with Crippen molar-refractivity contribution in [1.82, 2.24) is 4.98 Å². The SMILES string of the molecule is O=c1c([N+](=O)[O-])c[nH]c2c(Cl)c(Br)c(Cl)cc12. The molecule has 0 saturated carbocycles. The Hall–Kier alpha value is -1.11. The summed E-state index contributed by atoms with van der Waals surface area (Å²) in [6, 6.07) is 1.33. The molecule has 17 heavy (non-hydrogen) atoms. The fraction of sp³-hybridized carbons (Fsp3) is 0. The van der Waals surface area contributed by atoms with Gasteiger partial charge < -0.3 is 4.98 Å². The molecule has 0 aliphatic rings. The van der Waals surface area contributed by atoms with Crippen molar-refractivity contribution < 1.29 is 4.92 Å². The summed E-state index contributed by atoms with van der Waals surface area (Å²) in [5.41, 5.74) is -0.967. The van der Waals surface area contributed by atoms with E-state index in [-0.39, 0.29) is 15.4 Å². The number of nitrogens with one attached hydrogen (secondary N) is 1. The van der Waals surface area contributed by atoms with Crippen molar-refractivity contribution in [3.8, 4) is 0 Å². The molecule has 1 N–H and O–H groups in total. The fourth-order valence-electron chi connectivity index (χ4n) is 1.39. The van der Waals surface area contributed by atoms with E-state index in [9.17, 15) is 14.9 Å². The number of hydrogen-bond donors (Lipinski definition) is 1. The van der Waals surface area contributed by atoms with E-state index in [4.69, 9.17) is 23.2 Å². The number of hydrogen-bond acceptors (Lipinski definition) is 3. The summed E-state index contributed by atoms with van der Waals surface area (Å²) in [6.45, 7) is 0. The topological polar surface area (TPSA) is 76.0 Å². The second-order valence-corrected chi connectivity index (χ2v) is 4.75. The highest BCUT2D eigenvalue weighted by Gasteiger charge is 2.18. The van der Waals surface area contributed by atoms with E-state index in [0.29, 0.717) is 9.99 Å². The van der Waals surface area contributed by atoms with Gasteiger partial charge in [-0.05, 0) is 22.0 Å². The molecule has 0 bridgehead atoms. The number of H-pyrrole nitrogens is 1. The number of nitro groups is 1. The zero-order valence-electron chi connectivity index (χ0n) is 7.96. The number of pyridine rings is 1. The van der Waals surface area contributed by atoms with Crippen molar-refractivity contribution in [2.75, 3.05) is 0 Å². The number of aromatic nitrogens is 1. The van der Waals surface area contributed by atoms with Crippen molar-refractivity contribution in [2.45, 2.75) is 0 Å². The number of aromatic amines is 1. The second kappa shape index (κ2) is 4.29. The molecular formula is C9H3BrCl2N2O3. The van der Waals surface area contributed by atoms with Gasteiger partial charge in [-0.25, -0.2) is 0 Å². The number of fused-ring (bicyclic) bond motifs is 1. The lowest BCUT2D eigenvalue weighted by Crippen LogP contribution is -2.09. The molecule has 1 aromatic carbocycles. The van der Waals surface area contributed by atoms with Crippen LogP contribution in [0.3, 0.4) is 0 Å². The first-order valence-corrected chi connectivity index (χ1v) is 5.81. The van der Waals surface area contributed by atoms with Crippen LogP contribution in [0.5, 0.6) is 0 Å². The molecule has 0 unspecified atom stereocenters. The van der Waals surface area contributed by atoms with Crippen LogP contribution in [0.25, 0.3) is 10.9 Å². The summed E-state index contributed by atoms with van der Waals surface area (Å²) in [4.78, 5) is 24.3. The average molecular weight is 338 g/mol. The quantitative estimate of drug-likeness (QED) is 0.491. The molecular weight excluding hydrogens is 335 g/mol. The first-order valence-electron chi connectivity index (χ1n) is 4.26. The lowest BCUT2D eigenvalue weighted by Gasteiger charge is -2.04. The first kappa shape index (κ1) is 12.3. The molecule has 88 valence electrons. The Kier molecular flexibility index (Phi) is 3.11. The highest BCUT2D eigenvalue weighted by molar-refractivity contribution is 9.10. The van der Waals surface area contributed by atoms with Crippen LogP contribution in [0.1, 0.15) is 0 Å². The Balaban J connectivity index is 2.98. The smallest absolute Gasteiger partial charge is 0.332 e. The van der Waals surface area contributed by atoms with Crippen LogP contribution in [0, 0.1) is 10.1 Å². The Labute approximate surface area is 113 Å². The molecule has 1 heterocycles. The first-order chi connectivity index (χ1) is 7.93. The summed E-state index contributed by atoms with van der Waals surface area (Å²) in [5, 5.41) is 11.1. The van der Waals surface area contributed by atoms with Crippen LogP contribution in [0.2, 0.25) is 10.0 Å². The summed E-state index contributed by atoms with van der Waals surface area (Å²) in [6.07, 6.45) is 1.01. The largest absolute Gasteiger partial charge is 0.354 e. The van der Waals surface area contributed by atoms with Gasteiger partial charge in [0.05, 0.1) is 36.5 Å². The standard InChI is InChI=1S/C9H3BrCl2N2O3/c10-6-4(11)1-3-8(7(6)12)13-2-5(9(3)15)14(16)17/h1-2H,(H,13,15). The number of rotatable bonds is 1. The van der Waals surface area contributed by atoms with Gasteiger partial charge in [0.15, 0.2) is 0 Å². The van der Waals surface area contributed by atoms with Crippen molar-refractivity contribution >= 4 is 55.7 Å². The van der Waals surface area contributed by atoms with Gasteiger partial charge in [-0.3, -0.25) is 14.9 Å². The van der Waals surface area contributed by atoms with Gasteiger partial charge in [-0.1, -0.05) is 23.2 Å². The van der Waals surface area contributed by atoms with Crippen LogP contribution in [-0.2, 0) is 0 Å². The van der Waals surface area contributed by atoms with Crippen LogP contribution in [0.15, 0.2) is 21.5 Å². The van der Waals surface area contributed by atoms with Gasteiger partial charge in [0.25, 0.3) is 5.43 Å². The van der Waals surface area contributed by atoms with Gasteiger partial charge in [-0.15, -0.1) is 0 Å². The van der Waals surface area contributed by atoms with E-state index in [1.54, 1.807) is 0 Å². The van der Waals surface area contributed by atoms with Crippen molar-refractivity contribution in [3.05, 3.63) is 47.1 Å². The highest BCUT2D eigenvalue weighted by Crippen LogP contribution is 2.35. The third-order valence-corrected chi connectivity index (χ3v) is 4.15. The average Bonchev–Trinajstić information content (AvgIpc) is 2.27. The Bertz CT molecular complexity index is 699. The Morgan fingerprint density at radius 1 is 1.41 bits per heavy atom. The van der Waals surface area contributed by atoms with E-state index in [1.165, 1.54) is 6.07 Å². The molecule has 2 aromatic rings. The minimum absolute atomic E-state index is 0.0809.